The number of fused-ring (bicyclic) bond motifs is 1. The lowest BCUT2D eigenvalue weighted by Crippen LogP contribution is -1.92. The second kappa shape index (κ2) is 5.07. The van der Waals surface area contributed by atoms with Gasteiger partial charge in [0.15, 0.2) is 0 Å². The third-order valence-electron chi connectivity index (χ3n) is 3.28. The molecule has 0 saturated carbocycles. The molecule has 0 aliphatic carbocycles. The van der Waals surface area contributed by atoms with E-state index in [0.717, 1.165) is 32.9 Å². The van der Waals surface area contributed by atoms with Gasteiger partial charge in [0.2, 0.25) is 0 Å². The Morgan fingerprint density at radius 1 is 0.857 bits per heavy atom. The summed E-state index contributed by atoms with van der Waals surface area (Å²) in [4.78, 5) is 14.9. The Balaban J connectivity index is 1.91. The molecule has 0 bridgehead atoms. The number of pyridine rings is 1. The van der Waals surface area contributed by atoms with Crippen LogP contribution in [0.5, 0.6) is 0 Å². The third kappa shape index (κ3) is 2.19. The molecule has 0 fully saturated rings. The molecule has 0 aliphatic rings. The van der Waals surface area contributed by atoms with Gasteiger partial charge in [-0.25, -0.2) is 9.97 Å². The van der Waals surface area contributed by atoms with Crippen molar-refractivity contribution in [2.24, 2.45) is 0 Å². The van der Waals surface area contributed by atoms with E-state index in [9.17, 15) is 0 Å². The second-order valence-electron chi connectivity index (χ2n) is 4.63. The smallest absolute Gasteiger partial charge is 0.116 e. The van der Waals surface area contributed by atoms with E-state index in [-0.39, 0.29) is 0 Å². The first-order chi connectivity index (χ1) is 10.4. The molecule has 0 aliphatic heterocycles. The standard InChI is InChI=1S/C17H11N3S/c1-2-5-12(6-3-1)14-11-19-16-13(20-14)8-9-18-17(16)15-7-4-10-21-15/h1-11H. The first-order valence-corrected chi connectivity index (χ1v) is 7.51. The quantitative estimate of drug-likeness (QED) is 0.548. The fourth-order valence-corrected chi connectivity index (χ4v) is 3.01. The van der Waals surface area contributed by atoms with E-state index < -0.39 is 0 Å². The Kier molecular flexibility index (Phi) is 2.94. The Morgan fingerprint density at radius 2 is 1.76 bits per heavy atom. The van der Waals surface area contributed by atoms with Gasteiger partial charge in [0.25, 0.3) is 0 Å². The summed E-state index contributed by atoms with van der Waals surface area (Å²) in [6.45, 7) is 0. The number of hydrogen-bond acceptors (Lipinski definition) is 4. The molecule has 0 N–H and O–H groups in total. The molecular formula is C17H11N3S. The maximum atomic E-state index is 4.72. The van der Waals surface area contributed by atoms with E-state index in [1.807, 2.05) is 54.0 Å². The number of rotatable bonds is 2. The molecule has 100 valence electrons. The van der Waals surface area contributed by atoms with Gasteiger partial charge in [-0.05, 0) is 17.5 Å². The monoisotopic (exact) mass is 289 g/mol. The van der Waals surface area contributed by atoms with Crippen LogP contribution in [-0.4, -0.2) is 15.0 Å². The molecule has 1 aromatic carbocycles. The number of hydrogen-bond donors (Lipinski definition) is 0. The van der Waals surface area contributed by atoms with Crippen molar-refractivity contribution in [2.75, 3.05) is 0 Å². The van der Waals surface area contributed by atoms with Crippen LogP contribution < -0.4 is 0 Å². The largest absolute Gasteiger partial charge is 0.253 e. The molecule has 4 heteroatoms. The summed E-state index contributed by atoms with van der Waals surface area (Å²) < 4.78 is 0. The molecule has 0 amide bonds. The van der Waals surface area contributed by atoms with E-state index in [0.29, 0.717) is 0 Å². The fraction of sp³-hybridized carbons (Fsp3) is 0. The number of benzene rings is 1. The summed E-state index contributed by atoms with van der Waals surface area (Å²) in [5.74, 6) is 0. The average molecular weight is 289 g/mol. The summed E-state index contributed by atoms with van der Waals surface area (Å²) in [6.07, 6.45) is 3.61. The van der Waals surface area contributed by atoms with Crippen LogP contribution in [0.1, 0.15) is 0 Å². The van der Waals surface area contributed by atoms with Gasteiger partial charge >= 0.3 is 0 Å². The highest BCUT2D eigenvalue weighted by molar-refractivity contribution is 7.13. The molecule has 3 aromatic heterocycles. The zero-order chi connectivity index (χ0) is 14.1. The van der Waals surface area contributed by atoms with Gasteiger partial charge in [-0.3, -0.25) is 4.98 Å². The maximum absolute atomic E-state index is 4.72. The van der Waals surface area contributed by atoms with Crippen molar-refractivity contribution in [3.8, 4) is 21.8 Å². The van der Waals surface area contributed by atoms with Crippen LogP contribution >= 0.6 is 11.3 Å². The van der Waals surface area contributed by atoms with Crippen molar-refractivity contribution in [3.63, 3.8) is 0 Å². The third-order valence-corrected chi connectivity index (χ3v) is 4.16. The highest BCUT2D eigenvalue weighted by Crippen LogP contribution is 2.28. The lowest BCUT2D eigenvalue weighted by Gasteiger charge is -2.05. The predicted octanol–water partition coefficient (Wildman–Crippen LogP) is 4.42. The van der Waals surface area contributed by atoms with E-state index >= 15 is 0 Å². The van der Waals surface area contributed by atoms with Crippen molar-refractivity contribution in [2.45, 2.75) is 0 Å². The zero-order valence-electron chi connectivity index (χ0n) is 11.1. The van der Waals surface area contributed by atoms with Crippen molar-refractivity contribution in [3.05, 3.63) is 66.3 Å². The van der Waals surface area contributed by atoms with Crippen LogP contribution in [0.25, 0.3) is 32.9 Å². The summed E-state index contributed by atoms with van der Waals surface area (Å²) in [5, 5.41) is 2.04. The van der Waals surface area contributed by atoms with E-state index in [4.69, 9.17) is 4.98 Å². The average Bonchev–Trinajstić information content (AvgIpc) is 3.09. The minimum atomic E-state index is 0.847. The van der Waals surface area contributed by atoms with Crippen LogP contribution in [0.3, 0.4) is 0 Å². The fourth-order valence-electron chi connectivity index (χ4n) is 2.29. The first-order valence-electron chi connectivity index (χ1n) is 6.63. The molecule has 0 spiro atoms. The summed E-state index contributed by atoms with van der Waals surface area (Å²) >= 11 is 1.66. The number of nitrogens with zero attached hydrogens (tertiary/aromatic N) is 3. The van der Waals surface area contributed by atoms with Crippen LogP contribution in [0, 0.1) is 0 Å². The molecule has 4 rings (SSSR count). The van der Waals surface area contributed by atoms with Crippen LogP contribution in [0.15, 0.2) is 66.3 Å². The summed E-state index contributed by atoms with van der Waals surface area (Å²) in [6, 6.07) is 16.1. The van der Waals surface area contributed by atoms with Crippen LogP contribution in [-0.2, 0) is 0 Å². The second-order valence-corrected chi connectivity index (χ2v) is 5.57. The minimum absolute atomic E-state index is 0.847. The van der Waals surface area contributed by atoms with Gasteiger partial charge in [0, 0.05) is 11.8 Å². The van der Waals surface area contributed by atoms with Gasteiger partial charge < -0.3 is 0 Å². The van der Waals surface area contributed by atoms with Gasteiger partial charge in [-0.15, -0.1) is 11.3 Å². The maximum Gasteiger partial charge on any atom is 0.116 e. The van der Waals surface area contributed by atoms with Crippen LogP contribution in [0.2, 0.25) is 0 Å². The Morgan fingerprint density at radius 3 is 2.57 bits per heavy atom. The van der Waals surface area contributed by atoms with E-state index in [1.165, 1.54) is 0 Å². The van der Waals surface area contributed by atoms with Gasteiger partial charge in [0.05, 0.1) is 22.3 Å². The molecule has 0 unspecified atom stereocenters. The Bertz CT molecular complexity index is 886. The van der Waals surface area contributed by atoms with Crippen molar-refractivity contribution >= 4 is 22.4 Å². The highest BCUT2D eigenvalue weighted by Gasteiger charge is 2.09. The first kappa shape index (κ1) is 12.2. The molecule has 21 heavy (non-hydrogen) atoms. The molecule has 4 aromatic rings. The molecule has 3 heterocycles. The van der Waals surface area contributed by atoms with Crippen molar-refractivity contribution < 1.29 is 0 Å². The van der Waals surface area contributed by atoms with Crippen LogP contribution in [0.4, 0.5) is 0 Å². The molecular weight excluding hydrogens is 278 g/mol. The Hall–Kier alpha value is -2.59. The van der Waals surface area contributed by atoms with Gasteiger partial charge in [-0.1, -0.05) is 36.4 Å². The molecule has 0 saturated heterocycles. The van der Waals surface area contributed by atoms with Gasteiger partial charge in [-0.2, -0.15) is 0 Å². The highest BCUT2D eigenvalue weighted by atomic mass is 32.1. The molecule has 0 radical (unpaired) electrons. The zero-order valence-corrected chi connectivity index (χ0v) is 11.9. The number of thiophene rings is 1. The molecule has 0 atom stereocenters. The SMILES string of the molecule is c1ccc(-c2cnc3c(-c4cccs4)nccc3n2)cc1. The normalized spacial score (nSPS) is 10.9. The lowest BCUT2D eigenvalue weighted by atomic mass is 10.1. The van der Waals surface area contributed by atoms with Crippen molar-refractivity contribution in [1.82, 2.24) is 15.0 Å². The predicted molar refractivity (Wildman–Crippen MR) is 86.1 cm³/mol. The Labute approximate surface area is 126 Å². The lowest BCUT2D eigenvalue weighted by molar-refractivity contribution is 1.25. The topological polar surface area (TPSA) is 38.7 Å². The van der Waals surface area contributed by atoms with E-state index in [1.54, 1.807) is 17.5 Å². The summed E-state index contributed by atoms with van der Waals surface area (Å²) in [7, 11) is 0. The van der Waals surface area contributed by atoms with Crippen molar-refractivity contribution in [1.29, 1.82) is 0 Å². The van der Waals surface area contributed by atoms with E-state index in [2.05, 4.69) is 16.0 Å². The summed E-state index contributed by atoms with van der Waals surface area (Å²) in [5.41, 5.74) is 4.57. The molecule has 3 nitrogen and oxygen atoms in total. The number of aromatic nitrogens is 3. The minimum Gasteiger partial charge on any atom is -0.253 e. The van der Waals surface area contributed by atoms with Gasteiger partial charge in [0.1, 0.15) is 11.2 Å².